The highest BCUT2D eigenvalue weighted by molar-refractivity contribution is 5.30. The van der Waals surface area contributed by atoms with Gasteiger partial charge in [-0.2, -0.15) is 0 Å². The van der Waals surface area contributed by atoms with Crippen LogP contribution in [0.25, 0.3) is 0 Å². The van der Waals surface area contributed by atoms with Crippen LogP contribution in [-0.2, 0) is 16.1 Å². The van der Waals surface area contributed by atoms with Crippen LogP contribution in [-0.4, -0.2) is 13.2 Å². The maximum absolute atomic E-state index is 5.86. The molecular formula is C17H18O3. The molecule has 3 nitrogen and oxygen atoms in total. The Labute approximate surface area is 119 Å². The summed E-state index contributed by atoms with van der Waals surface area (Å²) in [5.74, 6) is 0.882. The fourth-order valence-electron chi connectivity index (χ4n) is 2.30. The quantitative estimate of drug-likeness (QED) is 0.849. The van der Waals surface area contributed by atoms with E-state index in [9.17, 15) is 0 Å². The van der Waals surface area contributed by atoms with Gasteiger partial charge in [-0.05, 0) is 30.2 Å². The van der Waals surface area contributed by atoms with Crippen LogP contribution in [0.3, 0.4) is 0 Å². The number of rotatable bonds is 4. The fraction of sp³-hybridized carbons (Fsp3) is 0.294. The second-order valence-electron chi connectivity index (χ2n) is 4.88. The molecule has 1 fully saturated rings. The first-order valence-electron chi connectivity index (χ1n) is 6.83. The minimum atomic E-state index is -0.257. The van der Waals surface area contributed by atoms with E-state index in [1.54, 1.807) is 0 Å². The molecule has 0 aromatic heterocycles. The van der Waals surface area contributed by atoms with Gasteiger partial charge in [0.25, 0.3) is 0 Å². The lowest BCUT2D eigenvalue weighted by Gasteiger charge is -2.15. The van der Waals surface area contributed by atoms with E-state index in [2.05, 4.69) is 19.1 Å². The van der Waals surface area contributed by atoms with Gasteiger partial charge in [0.05, 0.1) is 13.2 Å². The van der Waals surface area contributed by atoms with E-state index in [0.29, 0.717) is 19.8 Å². The molecule has 104 valence electrons. The summed E-state index contributed by atoms with van der Waals surface area (Å²) in [5, 5.41) is 0. The third-order valence-corrected chi connectivity index (χ3v) is 3.31. The average molecular weight is 270 g/mol. The van der Waals surface area contributed by atoms with E-state index in [1.165, 1.54) is 5.56 Å². The Kier molecular flexibility index (Phi) is 4.00. The van der Waals surface area contributed by atoms with Gasteiger partial charge in [0.1, 0.15) is 12.4 Å². The Balaban J connectivity index is 1.74. The molecular weight excluding hydrogens is 252 g/mol. The number of benzene rings is 2. The topological polar surface area (TPSA) is 27.7 Å². The van der Waals surface area contributed by atoms with Crippen molar-refractivity contribution in [1.29, 1.82) is 0 Å². The second kappa shape index (κ2) is 6.07. The lowest BCUT2D eigenvalue weighted by atomic mass is 10.1. The van der Waals surface area contributed by atoms with Gasteiger partial charge in [0.15, 0.2) is 6.29 Å². The summed E-state index contributed by atoms with van der Waals surface area (Å²) in [5.41, 5.74) is 3.34. The standard InChI is InChI=1S/C17H18O3/c1-13-5-4-7-15(11-13)20-12-14-6-2-3-8-16(14)17-18-9-10-19-17/h2-8,11,17H,9-10,12H2,1H3. The van der Waals surface area contributed by atoms with Crippen LogP contribution in [0.4, 0.5) is 0 Å². The van der Waals surface area contributed by atoms with Gasteiger partial charge in [0.2, 0.25) is 0 Å². The van der Waals surface area contributed by atoms with Crippen LogP contribution in [0.1, 0.15) is 23.0 Å². The first-order chi connectivity index (χ1) is 9.83. The van der Waals surface area contributed by atoms with Crippen LogP contribution in [0.15, 0.2) is 48.5 Å². The summed E-state index contributed by atoms with van der Waals surface area (Å²) in [6.07, 6.45) is -0.257. The van der Waals surface area contributed by atoms with Crippen molar-refractivity contribution in [3.8, 4) is 5.75 Å². The molecule has 0 amide bonds. The predicted octanol–water partition coefficient (Wildman–Crippen LogP) is 3.62. The molecule has 0 aliphatic carbocycles. The van der Waals surface area contributed by atoms with Gasteiger partial charge < -0.3 is 14.2 Å². The Morgan fingerprint density at radius 1 is 1.05 bits per heavy atom. The average Bonchev–Trinajstić information content (AvgIpc) is 3.00. The van der Waals surface area contributed by atoms with Crippen LogP contribution < -0.4 is 4.74 Å². The Hall–Kier alpha value is -1.84. The van der Waals surface area contributed by atoms with Crippen molar-refractivity contribution in [2.45, 2.75) is 19.8 Å². The summed E-state index contributed by atoms with van der Waals surface area (Å²) < 4.78 is 17.0. The Bertz CT molecular complexity index is 574. The maximum atomic E-state index is 5.86. The van der Waals surface area contributed by atoms with Crippen molar-refractivity contribution in [3.63, 3.8) is 0 Å². The van der Waals surface area contributed by atoms with Crippen molar-refractivity contribution in [2.75, 3.05) is 13.2 Å². The van der Waals surface area contributed by atoms with Gasteiger partial charge in [-0.1, -0.05) is 36.4 Å². The molecule has 2 aromatic rings. The predicted molar refractivity (Wildman–Crippen MR) is 76.6 cm³/mol. The number of aryl methyl sites for hydroxylation is 1. The first-order valence-corrected chi connectivity index (χ1v) is 6.83. The van der Waals surface area contributed by atoms with Crippen LogP contribution in [0, 0.1) is 6.92 Å². The molecule has 1 aliphatic heterocycles. The lowest BCUT2D eigenvalue weighted by Crippen LogP contribution is -2.05. The molecule has 0 atom stereocenters. The van der Waals surface area contributed by atoms with Crippen LogP contribution >= 0.6 is 0 Å². The molecule has 0 unspecified atom stereocenters. The number of hydrogen-bond acceptors (Lipinski definition) is 3. The molecule has 3 rings (SSSR count). The van der Waals surface area contributed by atoms with Gasteiger partial charge in [-0.25, -0.2) is 0 Å². The van der Waals surface area contributed by atoms with Gasteiger partial charge >= 0.3 is 0 Å². The van der Waals surface area contributed by atoms with Gasteiger partial charge in [-0.15, -0.1) is 0 Å². The van der Waals surface area contributed by atoms with E-state index in [-0.39, 0.29) is 6.29 Å². The molecule has 0 bridgehead atoms. The van der Waals surface area contributed by atoms with E-state index in [1.807, 2.05) is 36.4 Å². The SMILES string of the molecule is Cc1cccc(OCc2ccccc2C2OCCO2)c1. The molecule has 1 saturated heterocycles. The maximum Gasteiger partial charge on any atom is 0.184 e. The Morgan fingerprint density at radius 2 is 1.85 bits per heavy atom. The smallest absolute Gasteiger partial charge is 0.184 e. The molecule has 20 heavy (non-hydrogen) atoms. The largest absolute Gasteiger partial charge is 0.489 e. The molecule has 0 N–H and O–H groups in total. The number of ether oxygens (including phenoxy) is 3. The molecule has 1 heterocycles. The summed E-state index contributed by atoms with van der Waals surface area (Å²) in [6, 6.07) is 16.1. The minimum Gasteiger partial charge on any atom is -0.489 e. The highest BCUT2D eigenvalue weighted by Crippen LogP contribution is 2.27. The monoisotopic (exact) mass is 270 g/mol. The van der Waals surface area contributed by atoms with Crippen molar-refractivity contribution in [3.05, 3.63) is 65.2 Å². The summed E-state index contributed by atoms with van der Waals surface area (Å²) >= 11 is 0. The zero-order valence-corrected chi connectivity index (χ0v) is 11.5. The first kappa shape index (κ1) is 13.2. The zero-order valence-electron chi connectivity index (χ0n) is 11.5. The molecule has 0 spiro atoms. The van der Waals surface area contributed by atoms with Crippen molar-refractivity contribution in [1.82, 2.24) is 0 Å². The second-order valence-corrected chi connectivity index (χ2v) is 4.88. The molecule has 0 radical (unpaired) electrons. The van der Waals surface area contributed by atoms with E-state index in [0.717, 1.165) is 16.9 Å². The van der Waals surface area contributed by atoms with Crippen molar-refractivity contribution in [2.24, 2.45) is 0 Å². The minimum absolute atomic E-state index is 0.257. The Morgan fingerprint density at radius 3 is 2.65 bits per heavy atom. The third-order valence-electron chi connectivity index (χ3n) is 3.31. The molecule has 2 aromatic carbocycles. The van der Waals surface area contributed by atoms with Crippen LogP contribution in [0.2, 0.25) is 0 Å². The van der Waals surface area contributed by atoms with Gasteiger partial charge in [0, 0.05) is 5.56 Å². The summed E-state index contributed by atoms with van der Waals surface area (Å²) in [7, 11) is 0. The fourth-order valence-corrected chi connectivity index (χ4v) is 2.30. The van der Waals surface area contributed by atoms with E-state index >= 15 is 0 Å². The van der Waals surface area contributed by atoms with Gasteiger partial charge in [-0.3, -0.25) is 0 Å². The summed E-state index contributed by atoms with van der Waals surface area (Å²) in [6.45, 7) is 3.87. The molecule has 1 aliphatic rings. The van der Waals surface area contributed by atoms with Crippen molar-refractivity contribution >= 4 is 0 Å². The lowest BCUT2D eigenvalue weighted by molar-refractivity contribution is -0.0451. The normalized spacial score (nSPS) is 15.4. The third kappa shape index (κ3) is 3.00. The molecule has 0 saturated carbocycles. The van der Waals surface area contributed by atoms with E-state index in [4.69, 9.17) is 14.2 Å². The van der Waals surface area contributed by atoms with Crippen LogP contribution in [0.5, 0.6) is 5.75 Å². The highest BCUT2D eigenvalue weighted by Gasteiger charge is 2.20. The zero-order chi connectivity index (χ0) is 13.8. The highest BCUT2D eigenvalue weighted by atomic mass is 16.7. The van der Waals surface area contributed by atoms with E-state index < -0.39 is 0 Å². The van der Waals surface area contributed by atoms with Crippen molar-refractivity contribution < 1.29 is 14.2 Å². The summed E-state index contributed by atoms with van der Waals surface area (Å²) in [4.78, 5) is 0. The molecule has 3 heteroatoms. The number of hydrogen-bond donors (Lipinski definition) is 0.